The molecule has 1 aliphatic rings. The zero-order valence-corrected chi connectivity index (χ0v) is 10.2. The highest BCUT2D eigenvalue weighted by Gasteiger charge is 2.34. The van der Waals surface area contributed by atoms with Crippen LogP contribution in [0.5, 0.6) is 0 Å². The van der Waals surface area contributed by atoms with E-state index in [1.807, 2.05) is 0 Å². The van der Waals surface area contributed by atoms with E-state index in [9.17, 15) is 5.11 Å². The highest BCUT2D eigenvalue weighted by molar-refractivity contribution is 5.43. The van der Waals surface area contributed by atoms with Crippen molar-refractivity contribution in [2.24, 2.45) is 5.73 Å². The Morgan fingerprint density at radius 2 is 2.12 bits per heavy atom. The van der Waals surface area contributed by atoms with E-state index in [4.69, 9.17) is 5.73 Å². The molecule has 2 nitrogen and oxygen atoms in total. The Bertz CT molecular complexity index is 400. The molecule has 2 rings (SSSR count). The molecule has 16 heavy (non-hydrogen) atoms. The molecule has 1 atom stereocenters. The van der Waals surface area contributed by atoms with Crippen molar-refractivity contribution in [3.63, 3.8) is 0 Å². The van der Waals surface area contributed by atoms with Gasteiger partial charge in [-0.05, 0) is 62.8 Å². The summed E-state index contributed by atoms with van der Waals surface area (Å²) >= 11 is 0. The molecule has 0 spiro atoms. The summed E-state index contributed by atoms with van der Waals surface area (Å²) < 4.78 is 0. The highest BCUT2D eigenvalue weighted by Crippen LogP contribution is 2.39. The number of aryl methyl sites for hydroxylation is 2. The fourth-order valence-corrected chi connectivity index (χ4v) is 2.94. The molecule has 0 saturated heterocycles. The fourth-order valence-electron chi connectivity index (χ4n) is 2.94. The topological polar surface area (TPSA) is 46.2 Å². The van der Waals surface area contributed by atoms with Crippen LogP contribution in [0.25, 0.3) is 0 Å². The second-order valence-corrected chi connectivity index (χ2v) is 5.03. The molecule has 0 fully saturated rings. The normalized spacial score (nSPS) is 24.2. The van der Waals surface area contributed by atoms with Gasteiger partial charge in [-0.3, -0.25) is 0 Å². The van der Waals surface area contributed by atoms with Gasteiger partial charge in [-0.25, -0.2) is 0 Å². The molecular formula is C14H21NO. The Morgan fingerprint density at radius 3 is 2.81 bits per heavy atom. The van der Waals surface area contributed by atoms with E-state index in [0.717, 1.165) is 24.8 Å². The van der Waals surface area contributed by atoms with Gasteiger partial charge in [0.15, 0.2) is 0 Å². The first kappa shape index (κ1) is 11.6. The quantitative estimate of drug-likeness (QED) is 0.801. The van der Waals surface area contributed by atoms with Crippen LogP contribution in [0.4, 0.5) is 0 Å². The van der Waals surface area contributed by atoms with E-state index in [1.165, 1.54) is 16.7 Å². The maximum absolute atomic E-state index is 10.7. The van der Waals surface area contributed by atoms with Gasteiger partial charge in [0, 0.05) is 0 Å². The van der Waals surface area contributed by atoms with Gasteiger partial charge in [-0.2, -0.15) is 0 Å². The van der Waals surface area contributed by atoms with Crippen LogP contribution in [-0.4, -0.2) is 11.7 Å². The van der Waals surface area contributed by atoms with Crippen molar-refractivity contribution in [3.8, 4) is 0 Å². The van der Waals surface area contributed by atoms with Crippen LogP contribution >= 0.6 is 0 Å². The van der Waals surface area contributed by atoms with Crippen molar-refractivity contribution < 1.29 is 5.11 Å². The Labute approximate surface area is 97.5 Å². The number of fused-ring (bicyclic) bond motifs is 1. The number of aliphatic hydroxyl groups is 1. The van der Waals surface area contributed by atoms with E-state index in [2.05, 4.69) is 26.0 Å². The molecule has 1 aromatic carbocycles. The largest absolute Gasteiger partial charge is 0.385 e. The molecule has 2 heteroatoms. The third kappa shape index (κ3) is 1.87. The molecule has 1 aromatic rings. The predicted octanol–water partition coefficient (Wildman–Crippen LogP) is 2.18. The van der Waals surface area contributed by atoms with Crippen LogP contribution in [0.2, 0.25) is 0 Å². The molecule has 0 radical (unpaired) electrons. The Balaban J connectivity index is 2.53. The van der Waals surface area contributed by atoms with Crippen molar-refractivity contribution in [1.82, 2.24) is 0 Å². The zero-order valence-electron chi connectivity index (χ0n) is 10.2. The summed E-state index contributed by atoms with van der Waals surface area (Å²) in [5, 5.41) is 10.7. The van der Waals surface area contributed by atoms with E-state index in [0.29, 0.717) is 13.0 Å². The lowest BCUT2D eigenvalue weighted by atomic mass is 9.75. The summed E-state index contributed by atoms with van der Waals surface area (Å²) in [5.41, 5.74) is 9.94. The minimum absolute atomic E-state index is 0.545. The molecule has 0 amide bonds. The lowest BCUT2D eigenvalue weighted by molar-refractivity contribution is 0.0123. The van der Waals surface area contributed by atoms with Crippen LogP contribution in [-0.2, 0) is 12.0 Å². The summed E-state index contributed by atoms with van der Waals surface area (Å²) in [6, 6.07) is 4.34. The predicted molar refractivity (Wildman–Crippen MR) is 66.4 cm³/mol. The van der Waals surface area contributed by atoms with Crippen molar-refractivity contribution >= 4 is 0 Å². The number of hydrogen-bond acceptors (Lipinski definition) is 2. The zero-order chi connectivity index (χ0) is 11.8. The maximum atomic E-state index is 10.7. The average Bonchev–Trinajstić information content (AvgIpc) is 2.20. The van der Waals surface area contributed by atoms with Gasteiger partial charge in [0.1, 0.15) is 0 Å². The van der Waals surface area contributed by atoms with Crippen molar-refractivity contribution in [3.05, 3.63) is 34.4 Å². The molecule has 0 saturated carbocycles. The molecule has 0 aromatic heterocycles. The Hall–Kier alpha value is -0.860. The molecular weight excluding hydrogens is 198 g/mol. The summed E-state index contributed by atoms with van der Waals surface area (Å²) in [7, 11) is 0. The van der Waals surface area contributed by atoms with E-state index < -0.39 is 5.60 Å². The van der Waals surface area contributed by atoms with Gasteiger partial charge < -0.3 is 10.8 Å². The lowest BCUT2D eigenvalue weighted by Crippen LogP contribution is -2.33. The van der Waals surface area contributed by atoms with Gasteiger partial charge in [0.05, 0.1) is 5.60 Å². The minimum atomic E-state index is -0.681. The molecule has 3 N–H and O–H groups in total. The maximum Gasteiger partial charge on any atom is 0.0911 e. The first-order valence-electron chi connectivity index (χ1n) is 6.10. The van der Waals surface area contributed by atoms with E-state index in [1.54, 1.807) is 0 Å². The first-order chi connectivity index (χ1) is 7.57. The molecule has 1 unspecified atom stereocenters. The Kier molecular flexibility index (Phi) is 3.04. The van der Waals surface area contributed by atoms with Crippen molar-refractivity contribution in [2.75, 3.05) is 6.54 Å². The second-order valence-electron chi connectivity index (χ2n) is 5.03. The van der Waals surface area contributed by atoms with Crippen molar-refractivity contribution in [1.29, 1.82) is 0 Å². The lowest BCUT2D eigenvalue weighted by Gasteiger charge is -2.35. The van der Waals surface area contributed by atoms with Gasteiger partial charge >= 0.3 is 0 Å². The van der Waals surface area contributed by atoms with Crippen LogP contribution < -0.4 is 5.73 Å². The van der Waals surface area contributed by atoms with Gasteiger partial charge in [-0.1, -0.05) is 17.7 Å². The van der Waals surface area contributed by atoms with E-state index >= 15 is 0 Å². The standard InChI is InChI=1S/C14H21NO/c1-10-8-11(2)12-4-3-5-14(16,6-7-15)13(12)9-10/h8-9,16H,3-7,15H2,1-2H3. The number of benzene rings is 1. The summed E-state index contributed by atoms with van der Waals surface area (Å²) in [6.07, 6.45) is 3.67. The van der Waals surface area contributed by atoms with Crippen LogP contribution in [0.15, 0.2) is 12.1 Å². The average molecular weight is 219 g/mol. The molecule has 0 bridgehead atoms. The SMILES string of the molecule is Cc1cc(C)c2c(c1)C(O)(CCN)CCC2. The van der Waals surface area contributed by atoms with Crippen LogP contribution in [0.3, 0.4) is 0 Å². The highest BCUT2D eigenvalue weighted by atomic mass is 16.3. The minimum Gasteiger partial charge on any atom is -0.385 e. The number of nitrogens with two attached hydrogens (primary N) is 1. The third-order valence-electron chi connectivity index (χ3n) is 3.69. The Morgan fingerprint density at radius 1 is 1.38 bits per heavy atom. The van der Waals surface area contributed by atoms with Crippen molar-refractivity contribution in [2.45, 2.75) is 45.1 Å². The molecule has 0 heterocycles. The molecule has 0 aliphatic heterocycles. The van der Waals surface area contributed by atoms with Gasteiger partial charge in [0.2, 0.25) is 0 Å². The summed E-state index contributed by atoms with van der Waals surface area (Å²) in [4.78, 5) is 0. The van der Waals surface area contributed by atoms with Crippen LogP contribution in [0, 0.1) is 13.8 Å². The van der Waals surface area contributed by atoms with Gasteiger partial charge in [0.25, 0.3) is 0 Å². The monoisotopic (exact) mass is 219 g/mol. The number of hydrogen-bond donors (Lipinski definition) is 2. The molecule has 88 valence electrons. The third-order valence-corrected chi connectivity index (χ3v) is 3.69. The van der Waals surface area contributed by atoms with Crippen LogP contribution in [0.1, 0.15) is 41.5 Å². The van der Waals surface area contributed by atoms with E-state index in [-0.39, 0.29) is 0 Å². The number of rotatable bonds is 2. The summed E-state index contributed by atoms with van der Waals surface area (Å²) in [6.45, 7) is 4.77. The first-order valence-corrected chi connectivity index (χ1v) is 6.10. The molecule has 1 aliphatic carbocycles. The summed E-state index contributed by atoms with van der Waals surface area (Å²) in [5.74, 6) is 0. The fraction of sp³-hybridized carbons (Fsp3) is 0.571. The van der Waals surface area contributed by atoms with Gasteiger partial charge in [-0.15, -0.1) is 0 Å². The smallest absolute Gasteiger partial charge is 0.0911 e. The second kappa shape index (κ2) is 4.19.